The van der Waals surface area contributed by atoms with Crippen molar-refractivity contribution in [1.82, 2.24) is 20.0 Å². The number of nitrogens with zero attached hydrogens (tertiary/aromatic N) is 3. The van der Waals surface area contributed by atoms with Crippen molar-refractivity contribution in [2.24, 2.45) is 5.92 Å². The van der Waals surface area contributed by atoms with Crippen molar-refractivity contribution in [3.8, 4) is 10.4 Å². The zero-order valence-corrected chi connectivity index (χ0v) is 21.1. The third-order valence-electron chi connectivity index (χ3n) is 7.47. The van der Waals surface area contributed by atoms with Crippen LogP contribution in [-0.2, 0) is 6.18 Å². The lowest BCUT2D eigenvalue weighted by molar-refractivity contribution is -0.137. The molecule has 0 spiro atoms. The number of hydrogen-bond acceptors (Lipinski definition) is 4. The fourth-order valence-electron chi connectivity index (χ4n) is 4.96. The lowest BCUT2D eigenvalue weighted by atomic mass is 10.1. The van der Waals surface area contributed by atoms with Gasteiger partial charge in [0.25, 0.3) is 5.91 Å². The van der Waals surface area contributed by atoms with Gasteiger partial charge in [-0.3, -0.25) is 4.79 Å². The van der Waals surface area contributed by atoms with Crippen LogP contribution < -0.4 is 5.32 Å². The van der Waals surface area contributed by atoms with Crippen molar-refractivity contribution < 1.29 is 22.8 Å². The molecule has 194 valence electrons. The number of benzene rings is 1. The van der Waals surface area contributed by atoms with E-state index in [1.165, 1.54) is 36.3 Å². The van der Waals surface area contributed by atoms with E-state index in [2.05, 4.69) is 5.32 Å². The first kappa shape index (κ1) is 25.1. The van der Waals surface area contributed by atoms with Gasteiger partial charge in [0.2, 0.25) is 0 Å². The van der Waals surface area contributed by atoms with Crippen molar-refractivity contribution in [2.75, 3.05) is 39.8 Å². The van der Waals surface area contributed by atoms with E-state index in [4.69, 9.17) is 0 Å². The number of nitrogens with one attached hydrogen (secondary N) is 1. The fraction of sp³-hybridized carbons (Fsp3) is 0.538. The molecule has 2 atom stereocenters. The first-order valence-electron chi connectivity index (χ1n) is 12.5. The largest absolute Gasteiger partial charge is 0.416 e. The summed E-state index contributed by atoms with van der Waals surface area (Å²) in [6.45, 7) is 3.69. The molecule has 3 aliphatic rings. The number of carbonyl (C=O) groups excluding carboxylic acids is 2. The maximum atomic E-state index is 13.1. The minimum Gasteiger partial charge on any atom is -0.336 e. The normalized spacial score (nSPS) is 22.3. The zero-order valence-electron chi connectivity index (χ0n) is 20.3. The molecule has 0 unspecified atom stereocenters. The van der Waals surface area contributed by atoms with E-state index >= 15 is 0 Å². The van der Waals surface area contributed by atoms with Gasteiger partial charge >= 0.3 is 12.2 Å². The van der Waals surface area contributed by atoms with Gasteiger partial charge in [-0.25, -0.2) is 4.79 Å². The van der Waals surface area contributed by atoms with Crippen molar-refractivity contribution in [1.29, 1.82) is 0 Å². The van der Waals surface area contributed by atoms with E-state index in [9.17, 15) is 22.8 Å². The molecule has 1 N–H and O–H groups in total. The number of halogens is 3. The van der Waals surface area contributed by atoms with Crippen LogP contribution in [0.15, 0.2) is 36.4 Å². The highest BCUT2D eigenvalue weighted by atomic mass is 32.1. The van der Waals surface area contributed by atoms with Gasteiger partial charge in [0.15, 0.2) is 0 Å². The molecule has 0 bridgehead atoms. The quantitative estimate of drug-likeness (QED) is 0.597. The zero-order chi connectivity index (χ0) is 25.4. The Morgan fingerprint density at radius 1 is 1.00 bits per heavy atom. The van der Waals surface area contributed by atoms with Gasteiger partial charge in [-0.2, -0.15) is 13.2 Å². The molecule has 3 amide bonds. The predicted octanol–water partition coefficient (Wildman–Crippen LogP) is 4.77. The summed E-state index contributed by atoms with van der Waals surface area (Å²) in [6.07, 6.45) is -0.0505. The molecule has 10 heteroatoms. The van der Waals surface area contributed by atoms with Crippen molar-refractivity contribution >= 4 is 23.3 Å². The van der Waals surface area contributed by atoms with Crippen LogP contribution in [0, 0.1) is 5.92 Å². The molecule has 1 aromatic heterocycles. The minimum atomic E-state index is -4.38. The highest BCUT2D eigenvalue weighted by Crippen LogP contribution is 2.34. The number of likely N-dealkylation sites (tertiary alicyclic amines) is 2. The van der Waals surface area contributed by atoms with Crippen molar-refractivity contribution in [3.05, 3.63) is 46.8 Å². The van der Waals surface area contributed by atoms with Crippen LogP contribution in [-0.4, -0.2) is 78.5 Å². The molecule has 3 heterocycles. The Balaban J connectivity index is 1.15. The van der Waals surface area contributed by atoms with Gasteiger partial charge in [-0.15, -0.1) is 11.3 Å². The topological polar surface area (TPSA) is 55.9 Å². The smallest absolute Gasteiger partial charge is 0.336 e. The summed E-state index contributed by atoms with van der Waals surface area (Å²) in [5, 5.41) is 3.59. The average molecular weight is 521 g/mol. The Morgan fingerprint density at radius 3 is 2.39 bits per heavy atom. The number of rotatable bonds is 6. The fourth-order valence-corrected chi connectivity index (χ4v) is 5.95. The predicted molar refractivity (Wildman–Crippen MR) is 133 cm³/mol. The van der Waals surface area contributed by atoms with E-state index in [0.29, 0.717) is 29.6 Å². The monoisotopic (exact) mass is 520 g/mol. The van der Waals surface area contributed by atoms with Gasteiger partial charge < -0.3 is 20.0 Å². The summed E-state index contributed by atoms with van der Waals surface area (Å²) in [7, 11) is 1.76. The Labute approximate surface area is 213 Å². The summed E-state index contributed by atoms with van der Waals surface area (Å²) in [6, 6.07) is 8.80. The van der Waals surface area contributed by atoms with E-state index in [-0.39, 0.29) is 18.0 Å². The number of hydrogen-bond donors (Lipinski definition) is 1. The molecule has 2 aromatic rings. The Bertz CT molecular complexity index is 1100. The molecular weight excluding hydrogens is 489 g/mol. The van der Waals surface area contributed by atoms with Crippen LogP contribution in [0.3, 0.4) is 0 Å². The molecule has 5 rings (SSSR count). The number of likely N-dealkylation sites (N-methyl/N-ethyl adjacent to an activating group) is 1. The van der Waals surface area contributed by atoms with E-state index < -0.39 is 11.7 Å². The summed E-state index contributed by atoms with van der Waals surface area (Å²) < 4.78 is 38.5. The standard InChI is InChI=1S/C26H31F3N4O2S/c1-31(24(34)23-9-8-22(36-23)18-4-6-19(7-5-18)26(27,28)29)21-11-13-33(16-21)25(35)32-12-10-20(15-32)30-14-17-2-3-17/h4-9,17,20-21,30H,2-3,10-16H2,1H3/t20-,21+/m1/s1. The first-order chi connectivity index (χ1) is 17.2. The summed E-state index contributed by atoms with van der Waals surface area (Å²) in [5.74, 6) is 0.680. The van der Waals surface area contributed by atoms with Crippen LogP contribution in [0.25, 0.3) is 10.4 Å². The molecule has 2 saturated heterocycles. The van der Waals surface area contributed by atoms with Crippen LogP contribution >= 0.6 is 11.3 Å². The second kappa shape index (κ2) is 10.0. The Morgan fingerprint density at radius 2 is 1.69 bits per heavy atom. The molecule has 6 nitrogen and oxygen atoms in total. The number of amides is 3. The molecular formula is C26H31F3N4O2S. The van der Waals surface area contributed by atoms with Crippen LogP contribution in [0.2, 0.25) is 0 Å². The first-order valence-corrected chi connectivity index (χ1v) is 13.3. The van der Waals surface area contributed by atoms with E-state index in [0.717, 1.165) is 55.4 Å². The molecule has 0 radical (unpaired) electrons. The molecule has 36 heavy (non-hydrogen) atoms. The third kappa shape index (κ3) is 5.54. The van der Waals surface area contributed by atoms with E-state index in [1.807, 2.05) is 9.80 Å². The minimum absolute atomic E-state index is 0.0507. The number of alkyl halides is 3. The third-order valence-corrected chi connectivity index (χ3v) is 8.59. The van der Waals surface area contributed by atoms with Gasteiger partial charge in [-0.05, 0) is 68.0 Å². The Hall–Kier alpha value is -2.59. The highest BCUT2D eigenvalue weighted by Gasteiger charge is 2.36. The van der Waals surface area contributed by atoms with Gasteiger partial charge in [0.1, 0.15) is 0 Å². The maximum absolute atomic E-state index is 13.1. The number of thiophene rings is 1. The number of carbonyl (C=O) groups is 2. The summed E-state index contributed by atoms with van der Waals surface area (Å²) in [4.78, 5) is 32.9. The molecule has 2 aliphatic heterocycles. The van der Waals surface area contributed by atoms with E-state index in [1.54, 1.807) is 24.1 Å². The van der Waals surface area contributed by atoms with Crippen molar-refractivity contribution in [3.63, 3.8) is 0 Å². The summed E-state index contributed by atoms with van der Waals surface area (Å²) in [5.41, 5.74) is -0.0546. The second-order valence-electron chi connectivity index (χ2n) is 10.1. The van der Waals surface area contributed by atoms with Gasteiger partial charge in [0, 0.05) is 44.1 Å². The Kier molecular flexibility index (Phi) is 7.00. The van der Waals surface area contributed by atoms with Crippen LogP contribution in [0.5, 0.6) is 0 Å². The highest BCUT2D eigenvalue weighted by molar-refractivity contribution is 7.17. The SMILES string of the molecule is CN(C(=O)c1ccc(-c2ccc(C(F)(F)F)cc2)s1)[C@H]1CCN(C(=O)N2CC[C@@H](NCC3CC3)C2)C1. The van der Waals surface area contributed by atoms with Crippen molar-refractivity contribution in [2.45, 2.75) is 43.9 Å². The van der Waals surface area contributed by atoms with Crippen LogP contribution in [0.1, 0.15) is 40.9 Å². The van der Waals surface area contributed by atoms with Crippen LogP contribution in [0.4, 0.5) is 18.0 Å². The van der Waals surface area contributed by atoms with Gasteiger partial charge in [-0.1, -0.05) is 12.1 Å². The maximum Gasteiger partial charge on any atom is 0.416 e. The molecule has 3 fully saturated rings. The number of urea groups is 1. The molecule has 1 aromatic carbocycles. The lowest BCUT2D eigenvalue weighted by Crippen LogP contribution is -2.45. The summed E-state index contributed by atoms with van der Waals surface area (Å²) >= 11 is 1.27. The second-order valence-corrected chi connectivity index (χ2v) is 11.2. The average Bonchev–Trinajstić information content (AvgIpc) is 3.27. The molecule has 1 aliphatic carbocycles. The molecule has 1 saturated carbocycles. The lowest BCUT2D eigenvalue weighted by Gasteiger charge is -2.27. The van der Waals surface area contributed by atoms with Gasteiger partial charge in [0.05, 0.1) is 16.5 Å².